The number of hydrogen-bond acceptors (Lipinski definition) is 3. The molecule has 2 nitrogen and oxygen atoms in total. The van der Waals surface area contributed by atoms with E-state index in [0.717, 1.165) is 21.8 Å². The van der Waals surface area contributed by atoms with Crippen molar-refractivity contribution >= 4 is 45.2 Å². The Morgan fingerprint density at radius 1 is 1.43 bits per heavy atom. The molecule has 0 fully saturated rings. The van der Waals surface area contributed by atoms with Gasteiger partial charge in [-0.3, -0.25) is 4.99 Å². The predicted octanol–water partition coefficient (Wildman–Crippen LogP) is 3.00. The van der Waals surface area contributed by atoms with Crippen molar-refractivity contribution < 1.29 is 0 Å². The Balaban J connectivity index is 1.94. The topological polar surface area (TPSA) is 24.4 Å². The zero-order valence-corrected chi connectivity index (χ0v) is 10.6. The molecule has 0 unspecified atom stereocenters. The van der Waals surface area contributed by atoms with Crippen LogP contribution in [0.5, 0.6) is 0 Å². The van der Waals surface area contributed by atoms with Gasteiger partial charge in [-0.15, -0.1) is 0 Å². The fourth-order valence-corrected chi connectivity index (χ4v) is 2.88. The summed E-state index contributed by atoms with van der Waals surface area (Å²) in [7, 11) is 0. The third kappa shape index (κ3) is 2.63. The van der Waals surface area contributed by atoms with Crippen LogP contribution in [0, 0.1) is 0 Å². The van der Waals surface area contributed by atoms with Gasteiger partial charge >= 0.3 is 0 Å². The molecule has 0 radical (unpaired) electrons. The Morgan fingerprint density at radius 3 is 2.86 bits per heavy atom. The van der Waals surface area contributed by atoms with Crippen LogP contribution >= 0.6 is 34.4 Å². The summed E-state index contributed by atoms with van der Waals surface area (Å²) in [5, 5.41) is 5.02. The molecule has 1 aliphatic heterocycles. The largest absolute Gasteiger partial charge is 0.335 e. The first-order valence-corrected chi connectivity index (χ1v) is 6.88. The lowest BCUT2D eigenvalue weighted by molar-refractivity contribution is 0.999. The molecule has 1 heterocycles. The van der Waals surface area contributed by atoms with E-state index in [2.05, 4.69) is 45.0 Å². The lowest BCUT2D eigenvalue weighted by Gasteiger charge is -2.05. The van der Waals surface area contributed by atoms with Crippen LogP contribution in [0.1, 0.15) is 0 Å². The molecule has 0 aromatic heterocycles. The number of para-hydroxylation sites is 1. The number of nitrogens with one attached hydrogen (secondary N) is 1. The van der Waals surface area contributed by atoms with Crippen molar-refractivity contribution in [2.24, 2.45) is 4.99 Å². The number of hydrogen-bond donors (Lipinski definition) is 1. The van der Waals surface area contributed by atoms with Crippen LogP contribution in [0.4, 0.5) is 5.69 Å². The van der Waals surface area contributed by atoms with Crippen LogP contribution in [0.25, 0.3) is 0 Å². The quantitative estimate of drug-likeness (QED) is 0.670. The van der Waals surface area contributed by atoms with Crippen LogP contribution in [-0.4, -0.2) is 21.4 Å². The number of aliphatic imine (C=N–C) groups is 1. The molecule has 0 aliphatic carbocycles. The maximum Gasteiger partial charge on any atom is 0.161 e. The molecular weight excluding hydrogens is 307 g/mol. The monoisotopic (exact) mass is 318 g/mol. The van der Waals surface area contributed by atoms with Gasteiger partial charge in [0.2, 0.25) is 0 Å². The van der Waals surface area contributed by atoms with Crippen molar-refractivity contribution in [1.82, 2.24) is 0 Å². The van der Waals surface area contributed by atoms with Crippen LogP contribution < -0.4 is 5.32 Å². The van der Waals surface area contributed by atoms with E-state index in [0.29, 0.717) is 5.25 Å². The highest BCUT2D eigenvalue weighted by atomic mass is 127. The minimum Gasteiger partial charge on any atom is -0.335 e. The first kappa shape index (κ1) is 10.3. The molecule has 1 aromatic carbocycles. The molecule has 0 bridgehead atoms. The summed E-state index contributed by atoms with van der Waals surface area (Å²) in [5.41, 5.74) is 1.12. The van der Waals surface area contributed by atoms with Gasteiger partial charge in [-0.2, -0.15) is 0 Å². The van der Waals surface area contributed by atoms with E-state index < -0.39 is 0 Å². The summed E-state index contributed by atoms with van der Waals surface area (Å²) >= 11 is 4.25. The summed E-state index contributed by atoms with van der Waals surface area (Å²) in [6, 6.07) is 10.2. The average molecular weight is 318 g/mol. The van der Waals surface area contributed by atoms with Gasteiger partial charge in [0.15, 0.2) is 5.17 Å². The fourth-order valence-electron chi connectivity index (χ4n) is 1.21. The molecular formula is C10H11IN2S. The number of rotatable bonds is 2. The molecule has 0 spiro atoms. The summed E-state index contributed by atoms with van der Waals surface area (Å²) < 4.78 is 1.16. The first-order chi connectivity index (χ1) is 6.88. The zero-order valence-electron chi connectivity index (χ0n) is 7.61. The maximum atomic E-state index is 4.45. The molecule has 1 N–H and O–H groups in total. The van der Waals surface area contributed by atoms with Gasteiger partial charge in [-0.1, -0.05) is 52.6 Å². The molecule has 1 aliphatic rings. The summed E-state index contributed by atoms with van der Waals surface area (Å²) in [5.74, 6) is 0. The normalized spacial score (nSPS) is 20.6. The Morgan fingerprint density at radius 2 is 2.21 bits per heavy atom. The number of thioether (sulfide) groups is 1. The highest BCUT2D eigenvalue weighted by molar-refractivity contribution is 14.1. The molecule has 0 saturated heterocycles. The lowest BCUT2D eigenvalue weighted by atomic mass is 10.3. The van der Waals surface area contributed by atoms with Crippen molar-refractivity contribution in [2.75, 3.05) is 16.3 Å². The standard InChI is InChI=1S/C10H11IN2S/c11-6-9-7-12-10(14-9)13-8-4-2-1-3-5-8/h1-5,9H,6-7H2,(H,12,13)/t9-/m0/s1. The van der Waals surface area contributed by atoms with Crippen molar-refractivity contribution in [3.63, 3.8) is 0 Å². The van der Waals surface area contributed by atoms with Crippen LogP contribution in [-0.2, 0) is 0 Å². The number of nitrogens with zero attached hydrogens (tertiary/aromatic N) is 1. The fraction of sp³-hybridized carbons (Fsp3) is 0.300. The average Bonchev–Trinajstić information content (AvgIpc) is 2.67. The smallest absolute Gasteiger partial charge is 0.161 e. The second-order valence-corrected chi connectivity index (χ2v) is 5.20. The van der Waals surface area contributed by atoms with Gasteiger partial charge in [0.05, 0.1) is 6.54 Å². The molecule has 14 heavy (non-hydrogen) atoms. The maximum absolute atomic E-state index is 4.45. The Kier molecular flexibility index (Phi) is 3.69. The van der Waals surface area contributed by atoms with E-state index in [1.807, 2.05) is 30.0 Å². The number of halogens is 1. The second kappa shape index (κ2) is 5.02. The Bertz CT molecular complexity index is 326. The Labute approximate surface area is 102 Å². The van der Waals surface area contributed by atoms with Gasteiger partial charge in [0.1, 0.15) is 0 Å². The summed E-state index contributed by atoms with van der Waals surface area (Å²) in [6.07, 6.45) is 0. The number of benzene rings is 1. The highest BCUT2D eigenvalue weighted by Gasteiger charge is 2.17. The van der Waals surface area contributed by atoms with Crippen molar-refractivity contribution in [3.8, 4) is 0 Å². The van der Waals surface area contributed by atoms with Crippen molar-refractivity contribution in [2.45, 2.75) is 5.25 Å². The van der Waals surface area contributed by atoms with E-state index in [4.69, 9.17) is 0 Å². The minimum atomic E-state index is 0.654. The van der Waals surface area contributed by atoms with E-state index in [9.17, 15) is 0 Å². The van der Waals surface area contributed by atoms with Crippen molar-refractivity contribution in [3.05, 3.63) is 30.3 Å². The third-order valence-electron chi connectivity index (χ3n) is 1.91. The van der Waals surface area contributed by atoms with E-state index in [1.165, 1.54) is 0 Å². The van der Waals surface area contributed by atoms with Crippen LogP contribution in [0.2, 0.25) is 0 Å². The van der Waals surface area contributed by atoms with Gasteiger partial charge in [-0.05, 0) is 12.1 Å². The van der Waals surface area contributed by atoms with Crippen LogP contribution in [0.15, 0.2) is 35.3 Å². The van der Waals surface area contributed by atoms with E-state index in [1.54, 1.807) is 0 Å². The molecule has 74 valence electrons. The second-order valence-electron chi connectivity index (χ2n) is 3.03. The van der Waals surface area contributed by atoms with Gasteiger partial charge in [-0.25, -0.2) is 0 Å². The molecule has 0 saturated carbocycles. The predicted molar refractivity (Wildman–Crippen MR) is 72.6 cm³/mol. The van der Waals surface area contributed by atoms with Crippen LogP contribution in [0.3, 0.4) is 0 Å². The SMILES string of the molecule is IC[C@H]1CN=C(Nc2ccccc2)S1. The molecule has 4 heteroatoms. The van der Waals surface area contributed by atoms with Gasteiger partial charge < -0.3 is 5.32 Å². The van der Waals surface area contributed by atoms with E-state index in [-0.39, 0.29) is 0 Å². The molecule has 1 aromatic rings. The van der Waals surface area contributed by atoms with E-state index >= 15 is 0 Å². The number of amidine groups is 1. The number of anilines is 1. The minimum absolute atomic E-state index is 0.654. The zero-order chi connectivity index (χ0) is 9.80. The summed E-state index contributed by atoms with van der Waals surface area (Å²) in [6.45, 7) is 0.947. The number of alkyl halides is 1. The molecule has 1 atom stereocenters. The molecule has 2 rings (SSSR count). The molecule has 0 amide bonds. The van der Waals surface area contributed by atoms with Gasteiger partial charge in [0.25, 0.3) is 0 Å². The van der Waals surface area contributed by atoms with Gasteiger partial charge in [0, 0.05) is 15.4 Å². The first-order valence-electron chi connectivity index (χ1n) is 4.47. The summed E-state index contributed by atoms with van der Waals surface area (Å²) in [4.78, 5) is 4.45. The Hall–Kier alpha value is -0.230. The van der Waals surface area contributed by atoms with Crippen molar-refractivity contribution in [1.29, 1.82) is 0 Å². The lowest BCUT2D eigenvalue weighted by Crippen LogP contribution is -2.07. The third-order valence-corrected chi connectivity index (χ3v) is 4.68. The highest BCUT2D eigenvalue weighted by Crippen LogP contribution is 2.23.